The summed E-state index contributed by atoms with van der Waals surface area (Å²) in [6, 6.07) is 12.7. The molecule has 0 atom stereocenters. The molecule has 0 saturated carbocycles. The average Bonchev–Trinajstić information content (AvgIpc) is 3.29. The summed E-state index contributed by atoms with van der Waals surface area (Å²) in [6.45, 7) is 0.627. The number of aromatic nitrogens is 2. The van der Waals surface area contributed by atoms with Gasteiger partial charge in [-0.05, 0) is 30.3 Å². The second kappa shape index (κ2) is 11.2. The number of hydrogen-bond acceptors (Lipinski definition) is 5. The summed E-state index contributed by atoms with van der Waals surface area (Å²) in [7, 11) is 0. The lowest BCUT2D eigenvalue weighted by molar-refractivity contribution is -0.192. The van der Waals surface area contributed by atoms with E-state index in [-0.39, 0.29) is 5.91 Å². The van der Waals surface area contributed by atoms with E-state index in [0.29, 0.717) is 17.8 Å². The maximum absolute atomic E-state index is 12.0. The monoisotopic (exact) mass is 516 g/mol. The van der Waals surface area contributed by atoms with Gasteiger partial charge in [0.1, 0.15) is 0 Å². The number of anilines is 1. The van der Waals surface area contributed by atoms with Crippen molar-refractivity contribution >= 4 is 29.4 Å². The number of hydrogen-bond donors (Lipinski definition) is 5. The number of aromatic amines is 1. The van der Waals surface area contributed by atoms with Gasteiger partial charge in [0.15, 0.2) is 0 Å². The molecule has 5 N–H and O–H groups in total. The number of carboxylic acids is 2. The Morgan fingerprint density at radius 1 is 1.00 bits per heavy atom. The van der Waals surface area contributed by atoms with Crippen molar-refractivity contribution in [1.82, 2.24) is 15.3 Å². The molecule has 0 radical (unpaired) electrons. The minimum absolute atomic E-state index is 0.0659. The molecule has 3 aromatic rings. The van der Waals surface area contributed by atoms with E-state index >= 15 is 0 Å². The molecule has 0 aliphatic carbocycles. The molecule has 1 aliphatic rings. The average molecular weight is 516 g/mol. The number of fused-ring (bicyclic) bond motifs is 1. The first-order chi connectivity index (χ1) is 17.4. The lowest BCUT2D eigenvalue weighted by Crippen LogP contribution is -2.31. The smallest absolute Gasteiger partial charge is 0.478 e. The second-order valence-corrected chi connectivity index (χ2v) is 7.55. The van der Waals surface area contributed by atoms with Crippen LogP contribution < -0.4 is 10.6 Å². The van der Waals surface area contributed by atoms with Crippen molar-refractivity contribution in [2.45, 2.75) is 12.6 Å². The quantitative estimate of drug-likeness (QED) is 0.325. The number of benzene rings is 1. The number of nitrogens with one attached hydrogen (secondary N) is 3. The number of halogens is 3. The van der Waals surface area contributed by atoms with E-state index < -0.39 is 24.0 Å². The topological polar surface area (TPSA) is 161 Å². The third-order valence-corrected chi connectivity index (χ3v) is 4.94. The van der Waals surface area contributed by atoms with E-state index in [1.807, 2.05) is 30.3 Å². The zero-order valence-electron chi connectivity index (χ0n) is 18.8. The molecular formula is C24H19F3N4O6. The number of carbonyl (C=O) groups is 4. The molecule has 37 heavy (non-hydrogen) atoms. The van der Waals surface area contributed by atoms with Gasteiger partial charge in [-0.3, -0.25) is 14.6 Å². The molecule has 192 valence electrons. The first-order valence-electron chi connectivity index (χ1n) is 10.5. The van der Waals surface area contributed by atoms with Crippen LogP contribution in [-0.2, 0) is 20.8 Å². The lowest BCUT2D eigenvalue weighted by atomic mass is 10.1. The number of nitrogens with zero attached hydrogens (tertiary/aromatic N) is 1. The van der Waals surface area contributed by atoms with Crippen LogP contribution in [-0.4, -0.2) is 56.7 Å². The predicted molar refractivity (Wildman–Crippen MR) is 125 cm³/mol. The highest BCUT2D eigenvalue weighted by molar-refractivity contribution is 6.02. The van der Waals surface area contributed by atoms with E-state index in [1.165, 1.54) is 0 Å². The van der Waals surface area contributed by atoms with Gasteiger partial charge in [0, 0.05) is 59.5 Å². The van der Waals surface area contributed by atoms with Crippen molar-refractivity contribution in [2.24, 2.45) is 0 Å². The Hall–Kier alpha value is -4.94. The number of rotatable bonds is 5. The highest BCUT2D eigenvalue weighted by Gasteiger charge is 2.38. The molecule has 10 nitrogen and oxygen atoms in total. The summed E-state index contributed by atoms with van der Waals surface area (Å²) in [4.78, 5) is 50.8. The molecule has 0 fully saturated rings. The zero-order chi connectivity index (χ0) is 27.2. The number of alkyl halides is 3. The van der Waals surface area contributed by atoms with Gasteiger partial charge in [0.25, 0.3) is 5.91 Å². The minimum Gasteiger partial charge on any atom is -0.478 e. The fourth-order valence-corrected chi connectivity index (χ4v) is 3.26. The van der Waals surface area contributed by atoms with Crippen LogP contribution in [0.1, 0.15) is 16.1 Å². The Labute approximate surface area is 206 Å². The molecule has 0 bridgehead atoms. The predicted octanol–water partition coefficient (Wildman–Crippen LogP) is 3.24. The number of H-pyrrole nitrogens is 1. The lowest BCUT2D eigenvalue weighted by Gasteiger charge is -2.11. The third kappa shape index (κ3) is 7.27. The van der Waals surface area contributed by atoms with Gasteiger partial charge in [-0.25, -0.2) is 9.59 Å². The summed E-state index contributed by atoms with van der Waals surface area (Å²) in [5, 5.41) is 21.1. The Balaban J connectivity index is 0.000000479. The maximum atomic E-state index is 12.0. The van der Waals surface area contributed by atoms with Gasteiger partial charge in [0.05, 0.1) is 11.3 Å². The van der Waals surface area contributed by atoms with E-state index in [9.17, 15) is 27.6 Å². The van der Waals surface area contributed by atoms with Gasteiger partial charge < -0.3 is 25.8 Å². The molecule has 2 aromatic heterocycles. The fourth-order valence-electron chi connectivity index (χ4n) is 3.26. The van der Waals surface area contributed by atoms with Crippen LogP contribution in [0.25, 0.3) is 22.5 Å². The van der Waals surface area contributed by atoms with Gasteiger partial charge in [-0.1, -0.05) is 12.1 Å². The Morgan fingerprint density at radius 3 is 2.27 bits per heavy atom. The number of carbonyl (C=O) groups excluding carboxylic acids is 2. The Morgan fingerprint density at radius 2 is 1.68 bits per heavy atom. The van der Waals surface area contributed by atoms with Crippen molar-refractivity contribution < 1.29 is 42.6 Å². The maximum Gasteiger partial charge on any atom is 0.490 e. The van der Waals surface area contributed by atoms with E-state index in [1.54, 1.807) is 18.3 Å². The SMILES string of the molecule is O=C(O)/C=C\C(=O)Nc1ccc(-c2cc(-c3cc4c([nH]3)CCNC4=O)ccn2)cc1.O=C(O)C(F)(F)F. The van der Waals surface area contributed by atoms with Crippen LogP contribution in [0.3, 0.4) is 0 Å². The summed E-state index contributed by atoms with van der Waals surface area (Å²) in [5.41, 5.74) is 5.51. The molecule has 0 saturated heterocycles. The molecule has 2 amide bonds. The summed E-state index contributed by atoms with van der Waals surface area (Å²) in [5.74, 6) is -4.53. The van der Waals surface area contributed by atoms with Crippen LogP contribution in [0, 0.1) is 0 Å². The van der Waals surface area contributed by atoms with Crippen LogP contribution in [0.5, 0.6) is 0 Å². The molecule has 0 unspecified atom stereocenters. The van der Waals surface area contributed by atoms with Crippen molar-refractivity contribution in [3.05, 3.63) is 72.1 Å². The van der Waals surface area contributed by atoms with Gasteiger partial charge >= 0.3 is 18.1 Å². The minimum atomic E-state index is -5.08. The van der Waals surface area contributed by atoms with Crippen LogP contribution >= 0.6 is 0 Å². The molecule has 0 spiro atoms. The highest BCUT2D eigenvalue weighted by atomic mass is 19.4. The van der Waals surface area contributed by atoms with Gasteiger partial charge in [-0.15, -0.1) is 0 Å². The zero-order valence-corrected chi connectivity index (χ0v) is 18.8. The molecule has 3 heterocycles. The Kier molecular flexibility index (Phi) is 8.07. The van der Waals surface area contributed by atoms with Crippen LogP contribution in [0.4, 0.5) is 18.9 Å². The van der Waals surface area contributed by atoms with Crippen molar-refractivity contribution in [3.63, 3.8) is 0 Å². The van der Waals surface area contributed by atoms with Gasteiger partial charge in [-0.2, -0.15) is 13.2 Å². The van der Waals surface area contributed by atoms with Crippen LogP contribution in [0.15, 0.2) is 60.8 Å². The van der Waals surface area contributed by atoms with E-state index in [2.05, 4.69) is 20.6 Å². The number of pyridine rings is 1. The summed E-state index contributed by atoms with van der Waals surface area (Å²) < 4.78 is 31.7. The largest absolute Gasteiger partial charge is 0.490 e. The molecule has 1 aromatic carbocycles. The third-order valence-electron chi connectivity index (χ3n) is 4.94. The Bertz CT molecular complexity index is 1360. The fraction of sp³-hybridized carbons (Fsp3) is 0.125. The van der Waals surface area contributed by atoms with Crippen molar-refractivity contribution in [2.75, 3.05) is 11.9 Å². The molecular weight excluding hydrogens is 497 g/mol. The number of amides is 2. The number of carboxylic acid groups (broad SMARTS) is 2. The summed E-state index contributed by atoms with van der Waals surface area (Å²) >= 11 is 0. The first-order valence-corrected chi connectivity index (χ1v) is 10.5. The van der Waals surface area contributed by atoms with Crippen molar-refractivity contribution in [3.8, 4) is 22.5 Å². The van der Waals surface area contributed by atoms with Gasteiger partial charge in [0.2, 0.25) is 5.91 Å². The normalized spacial score (nSPS) is 12.7. The molecule has 13 heteroatoms. The number of aliphatic carboxylic acids is 2. The van der Waals surface area contributed by atoms with Crippen LogP contribution in [0.2, 0.25) is 0 Å². The van der Waals surface area contributed by atoms with E-state index in [4.69, 9.17) is 15.0 Å². The van der Waals surface area contributed by atoms with E-state index in [0.717, 1.165) is 46.8 Å². The standard InChI is InChI=1S/C22H18N4O4.C2HF3O2/c27-20(5-6-21(28)29)25-15-3-1-13(2-4-15)18-11-14(7-9-23-18)19-12-16-17(26-19)8-10-24-22(16)30;3-2(4,5)1(6)7/h1-7,9,11-12,26H,8,10H2,(H,24,30)(H,25,27)(H,28,29);(H,6,7)/b6-5-;. The first kappa shape index (κ1) is 26.7. The summed E-state index contributed by atoms with van der Waals surface area (Å²) in [6.07, 6.45) is -0.872. The van der Waals surface area contributed by atoms with Crippen molar-refractivity contribution in [1.29, 1.82) is 0 Å². The molecule has 4 rings (SSSR count). The second-order valence-electron chi connectivity index (χ2n) is 7.55. The molecule has 1 aliphatic heterocycles. The highest BCUT2D eigenvalue weighted by Crippen LogP contribution is 2.27.